The van der Waals surface area contributed by atoms with Crippen molar-refractivity contribution in [1.29, 1.82) is 10.8 Å². The van der Waals surface area contributed by atoms with Gasteiger partial charge in [-0.3, -0.25) is 15.2 Å². The zero-order valence-electron chi connectivity index (χ0n) is 18.1. The normalized spacial score (nSPS) is 14.5. The Morgan fingerprint density at radius 1 is 1.22 bits per heavy atom. The largest absolute Gasteiger partial charge is 0.504 e. The number of nitrogens with zero attached hydrogens (tertiary/aromatic N) is 3. The summed E-state index contributed by atoms with van der Waals surface area (Å²) in [5.41, 5.74) is 3.09. The fourth-order valence-electron chi connectivity index (χ4n) is 3.47. The van der Waals surface area contributed by atoms with Gasteiger partial charge in [0.15, 0.2) is 11.7 Å². The molecule has 8 heteroatoms. The molecule has 0 aliphatic heterocycles. The molecule has 0 bridgehead atoms. The van der Waals surface area contributed by atoms with Gasteiger partial charge in [-0.1, -0.05) is 6.07 Å². The number of pyridine rings is 1. The molecule has 0 atom stereocenters. The van der Waals surface area contributed by atoms with Crippen LogP contribution in [0.1, 0.15) is 35.2 Å². The zero-order chi connectivity index (χ0) is 22.8. The van der Waals surface area contributed by atoms with Crippen molar-refractivity contribution < 1.29 is 13.9 Å². The second-order valence-electron chi connectivity index (χ2n) is 7.69. The zero-order valence-corrected chi connectivity index (χ0v) is 18.1. The number of benzene rings is 1. The van der Waals surface area contributed by atoms with E-state index >= 15 is 0 Å². The molecule has 4 rings (SSSR count). The molecule has 1 fully saturated rings. The highest BCUT2D eigenvalue weighted by atomic mass is 19.1. The molecule has 1 aromatic carbocycles. The number of hydrogen-bond acceptors (Lipinski definition) is 5. The first-order chi connectivity index (χ1) is 15.4. The SMILES string of the molecule is CO/C=C(\C(=N)c1ccc(C)cc1F)c1ccc2ncc(C(=N)N=C(OC)C3CC3)n2c1. The van der Waals surface area contributed by atoms with E-state index in [-0.39, 0.29) is 23.0 Å². The van der Waals surface area contributed by atoms with E-state index in [2.05, 4.69) is 9.98 Å². The van der Waals surface area contributed by atoms with Gasteiger partial charge in [0.05, 0.1) is 32.4 Å². The van der Waals surface area contributed by atoms with Gasteiger partial charge in [-0.2, -0.15) is 4.99 Å². The summed E-state index contributed by atoms with van der Waals surface area (Å²) in [4.78, 5) is 8.70. The highest BCUT2D eigenvalue weighted by Gasteiger charge is 2.29. The Hall–Kier alpha value is -3.81. The van der Waals surface area contributed by atoms with Crippen molar-refractivity contribution in [2.24, 2.45) is 10.9 Å². The number of halogens is 1. The second-order valence-corrected chi connectivity index (χ2v) is 7.69. The standard InChI is InChI=1S/C24H24FN5O2/c1-14-4-8-17(19(25)10-14)22(26)18(13-31-2)16-7-9-21-28-11-20(30(21)12-16)23(27)29-24(32-3)15-5-6-15/h4,7-13,15,26-27H,5-6H2,1-3H3/b18-13-,26-22?,27-23?,29-24?. The fraction of sp³-hybridized carbons (Fsp3) is 0.250. The number of allylic oxidation sites excluding steroid dienone is 1. The number of aliphatic imine (C=N–C) groups is 1. The first-order valence-corrected chi connectivity index (χ1v) is 10.2. The van der Waals surface area contributed by atoms with Crippen molar-refractivity contribution in [1.82, 2.24) is 9.38 Å². The van der Waals surface area contributed by atoms with Gasteiger partial charge in [-0.05, 0) is 49.6 Å². The topological polar surface area (TPSA) is 95.8 Å². The van der Waals surface area contributed by atoms with E-state index in [1.165, 1.54) is 19.4 Å². The summed E-state index contributed by atoms with van der Waals surface area (Å²) in [5, 5.41) is 17.1. The van der Waals surface area contributed by atoms with E-state index in [1.54, 1.807) is 55.1 Å². The molecule has 0 saturated heterocycles. The van der Waals surface area contributed by atoms with Crippen LogP contribution in [0.5, 0.6) is 0 Å². The third kappa shape index (κ3) is 4.16. The molecular formula is C24H24FN5O2. The van der Waals surface area contributed by atoms with Gasteiger partial charge in [-0.25, -0.2) is 9.37 Å². The van der Waals surface area contributed by atoms with Crippen LogP contribution in [-0.2, 0) is 9.47 Å². The Morgan fingerprint density at radius 2 is 2.00 bits per heavy atom. The van der Waals surface area contributed by atoms with Crippen molar-refractivity contribution >= 4 is 28.7 Å². The number of fused-ring (bicyclic) bond motifs is 1. The summed E-state index contributed by atoms with van der Waals surface area (Å²) in [6, 6.07) is 8.32. The van der Waals surface area contributed by atoms with Crippen molar-refractivity contribution in [3.05, 3.63) is 77.2 Å². The summed E-state index contributed by atoms with van der Waals surface area (Å²) < 4.78 is 26.8. The Kier molecular flexibility index (Phi) is 5.85. The van der Waals surface area contributed by atoms with Gasteiger partial charge >= 0.3 is 0 Å². The van der Waals surface area contributed by atoms with Gasteiger partial charge < -0.3 is 9.47 Å². The van der Waals surface area contributed by atoms with Gasteiger partial charge in [0.25, 0.3) is 0 Å². The van der Waals surface area contributed by atoms with Crippen LogP contribution in [0.4, 0.5) is 4.39 Å². The van der Waals surface area contributed by atoms with Crippen LogP contribution in [0, 0.1) is 29.5 Å². The quantitative estimate of drug-likeness (QED) is 0.337. The van der Waals surface area contributed by atoms with Gasteiger partial charge in [0, 0.05) is 28.8 Å². The molecular weight excluding hydrogens is 409 g/mol. The summed E-state index contributed by atoms with van der Waals surface area (Å²) in [6.45, 7) is 1.80. The molecule has 0 unspecified atom stereocenters. The van der Waals surface area contributed by atoms with Crippen molar-refractivity contribution in [3.8, 4) is 0 Å². The Balaban J connectivity index is 1.74. The minimum absolute atomic E-state index is 0.00568. The summed E-state index contributed by atoms with van der Waals surface area (Å²) >= 11 is 0. The first-order valence-electron chi connectivity index (χ1n) is 10.2. The Morgan fingerprint density at radius 3 is 2.66 bits per heavy atom. The Labute approximate surface area is 185 Å². The highest BCUT2D eigenvalue weighted by Crippen LogP contribution is 2.31. The summed E-state index contributed by atoms with van der Waals surface area (Å²) in [5.74, 6) is 0.397. The molecule has 2 N–H and O–H groups in total. The smallest absolute Gasteiger partial charge is 0.192 e. The number of imidazole rings is 1. The lowest BCUT2D eigenvalue weighted by atomic mass is 9.97. The molecule has 164 valence electrons. The van der Waals surface area contributed by atoms with Crippen LogP contribution in [0.15, 0.2) is 54.0 Å². The summed E-state index contributed by atoms with van der Waals surface area (Å²) in [6.07, 6.45) is 6.77. The molecule has 32 heavy (non-hydrogen) atoms. The molecule has 0 amide bonds. The molecule has 0 radical (unpaired) electrons. The van der Waals surface area contributed by atoms with Crippen molar-refractivity contribution in [2.45, 2.75) is 19.8 Å². The third-order valence-corrected chi connectivity index (χ3v) is 5.32. The maximum atomic E-state index is 14.5. The van der Waals surface area contributed by atoms with Crippen LogP contribution in [0.3, 0.4) is 0 Å². The molecule has 1 aliphatic carbocycles. The average molecular weight is 433 g/mol. The number of nitrogens with one attached hydrogen (secondary N) is 2. The van der Waals surface area contributed by atoms with Gasteiger partial charge in [0.1, 0.15) is 17.2 Å². The number of methoxy groups -OCH3 is 2. The lowest BCUT2D eigenvalue weighted by Gasteiger charge is -2.12. The van der Waals surface area contributed by atoms with Crippen molar-refractivity contribution in [3.63, 3.8) is 0 Å². The van der Waals surface area contributed by atoms with E-state index in [9.17, 15) is 4.39 Å². The number of ether oxygens (including phenoxy) is 2. The number of hydrogen-bond donors (Lipinski definition) is 2. The maximum absolute atomic E-state index is 14.5. The van der Waals surface area contributed by atoms with Gasteiger partial charge in [-0.15, -0.1) is 0 Å². The molecule has 2 heterocycles. The molecule has 3 aromatic rings. The fourth-order valence-corrected chi connectivity index (χ4v) is 3.47. The van der Waals surface area contributed by atoms with E-state index in [0.717, 1.165) is 18.4 Å². The predicted molar refractivity (Wildman–Crippen MR) is 122 cm³/mol. The van der Waals surface area contributed by atoms with E-state index in [4.69, 9.17) is 20.3 Å². The number of aromatic nitrogens is 2. The van der Waals surface area contributed by atoms with E-state index in [1.807, 2.05) is 0 Å². The summed E-state index contributed by atoms with van der Waals surface area (Å²) in [7, 11) is 3.04. The van der Waals surface area contributed by atoms with Crippen LogP contribution >= 0.6 is 0 Å². The van der Waals surface area contributed by atoms with E-state index < -0.39 is 5.82 Å². The predicted octanol–water partition coefficient (Wildman–Crippen LogP) is 4.62. The average Bonchev–Trinajstić information content (AvgIpc) is 3.53. The van der Waals surface area contributed by atoms with Crippen molar-refractivity contribution in [2.75, 3.05) is 14.2 Å². The second kappa shape index (κ2) is 8.74. The van der Waals surface area contributed by atoms with Crippen LogP contribution in [0.25, 0.3) is 11.2 Å². The molecule has 2 aromatic heterocycles. The number of rotatable bonds is 6. The van der Waals surface area contributed by atoms with Crippen LogP contribution in [0.2, 0.25) is 0 Å². The molecule has 1 aliphatic rings. The number of aryl methyl sites for hydroxylation is 1. The van der Waals surface area contributed by atoms with Crippen LogP contribution < -0.4 is 0 Å². The highest BCUT2D eigenvalue weighted by molar-refractivity contribution is 6.30. The first kappa shape index (κ1) is 21.4. The lowest BCUT2D eigenvalue weighted by molar-refractivity contribution is 0.340. The molecule has 0 spiro atoms. The lowest BCUT2D eigenvalue weighted by Crippen LogP contribution is -2.10. The molecule has 7 nitrogen and oxygen atoms in total. The number of amidine groups is 1. The Bertz CT molecular complexity index is 1270. The van der Waals surface area contributed by atoms with Crippen LogP contribution in [-0.4, -0.2) is 41.0 Å². The van der Waals surface area contributed by atoms with E-state index in [0.29, 0.717) is 28.4 Å². The third-order valence-electron chi connectivity index (χ3n) is 5.32. The monoisotopic (exact) mass is 433 g/mol. The molecule has 1 saturated carbocycles. The van der Waals surface area contributed by atoms with Gasteiger partial charge in [0.2, 0.25) is 0 Å². The maximum Gasteiger partial charge on any atom is 0.192 e. The minimum atomic E-state index is -0.468. The minimum Gasteiger partial charge on any atom is -0.504 e.